The lowest BCUT2D eigenvalue weighted by atomic mass is 9.27. The summed E-state index contributed by atoms with van der Waals surface area (Å²) in [6, 6.07) is 58.2. The van der Waals surface area contributed by atoms with Gasteiger partial charge in [-0.05, 0) is 72.8 Å². The molecule has 0 saturated heterocycles. The van der Waals surface area contributed by atoms with Crippen LogP contribution in [-0.2, 0) is 10.8 Å². The van der Waals surface area contributed by atoms with Crippen molar-refractivity contribution in [2.45, 2.75) is 38.5 Å². The van der Waals surface area contributed by atoms with Gasteiger partial charge in [0.2, 0.25) is 6.71 Å². The molecule has 0 unspecified atom stereocenters. The zero-order valence-corrected chi connectivity index (χ0v) is 31.6. The highest BCUT2D eigenvalue weighted by Gasteiger charge is 2.48. The Balaban J connectivity index is 1.04. The summed E-state index contributed by atoms with van der Waals surface area (Å²) in [6.45, 7) is 9.89. The van der Waals surface area contributed by atoms with Crippen LogP contribution in [0.3, 0.4) is 0 Å². The number of nitrogens with zero attached hydrogens (tertiary/aromatic N) is 2. The molecule has 3 heteroatoms. The largest absolute Gasteiger partial charge is 0.242 e. The summed E-state index contributed by atoms with van der Waals surface area (Å²) in [5, 5.41) is 5.86. The molecule has 0 bridgehead atoms. The average molecular weight is 703 g/mol. The van der Waals surface area contributed by atoms with Crippen molar-refractivity contribution in [3.05, 3.63) is 186 Å². The van der Waals surface area contributed by atoms with E-state index in [1.54, 1.807) is 0 Å². The van der Waals surface area contributed by atoms with Crippen LogP contribution in [0.15, 0.2) is 164 Å². The second-order valence-corrected chi connectivity index (χ2v) is 16.6. The number of aromatic nitrogens is 2. The number of rotatable bonds is 3. The lowest BCUT2D eigenvalue weighted by Crippen LogP contribution is -2.66. The minimum Gasteiger partial charge on any atom is -0.236 e. The minimum absolute atomic E-state index is 0.140. The standard InChI is InChI=1S/C52H39BN2/c1-51(2)42-23-9-11-25-46(42)53-47-26-12-10-24-43(47)52(3,4)45-30-36(29-44(51)48(45)53)34-17-13-15-32(27-34)33-16-14-18-35(28-33)50-54-31-41-39-21-6-5-19-37(39)38-20-7-8-22-40(38)49(41)55-50/h5-31H,1-4H3. The normalized spacial score (nSPS) is 14.8. The smallest absolute Gasteiger partial charge is 0.236 e. The molecule has 2 aliphatic heterocycles. The molecule has 2 aliphatic rings. The second kappa shape index (κ2) is 11.6. The third kappa shape index (κ3) is 4.63. The summed E-state index contributed by atoms with van der Waals surface area (Å²) < 4.78 is 0. The van der Waals surface area contributed by atoms with Crippen LogP contribution in [0.2, 0.25) is 0 Å². The molecule has 0 radical (unpaired) electrons. The van der Waals surface area contributed by atoms with Crippen LogP contribution >= 0.6 is 0 Å². The molecule has 0 fully saturated rings. The molecule has 0 amide bonds. The zero-order chi connectivity index (χ0) is 37.1. The van der Waals surface area contributed by atoms with Crippen molar-refractivity contribution in [1.82, 2.24) is 9.97 Å². The Morgan fingerprint density at radius 2 is 0.855 bits per heavy atom. The monoisotopic (exact) mass is 702 g/mol. The Morgan fingerprint density at radius 3 is 1.45 bits per heavy atom. The summed E-state index contributed by atoms with van der Waals surface area (Å²) in [4.78, 5) is 10.2. The van der Waals surface area contributed by atoms with E-state index in [-0.39, 0.29) is 17.5 Å². The lowest BCUT2D eigenvalue weighted by Gasteiger charge is -2.47. The first-order valence-corrected chi connectivity index (χ1v) is 19.4. The molecule has 0 spiro atoms. The molecule has 0 atom stereocenters. The zero-order valence-electron chi connectivity index (χ0n) is 31.6. The van der Waals surface area contributed by atoms with Crippen molar-refractivity contribution in [3.63, 3.8) is 0 Å². The van der Waals surface area contributed by atoms with Gasteiger partial charge in [0.05, 0.1) is 5.52 Å². The van der Waals surface area contributed by atoms with E-state index >= 15 is 0 Å². The predicted molar refractivity (Wildman–Crippen MR) is 233 cm³/mol. The van der Waals surface area contributed by atoms with E-state index in [2.05, 4.69) is 185 Å². The molecule has 3 heterocycles. The van der Waals surface area contributed by atoms with Gasteiger partial charge in [0, 0.05) is 33.4 Å². The maximum atomic E-state index is 5.24. The highest BCUT2D eigenvalue weighted by atomic mass is 14.9. The van der Waals surface area contributed by atoms with Gasteiger partial charge in [-0.2, -0.15) is 0 Å². The molecule has 0 aliphatic carbocycles. The van der Waals surface area contributed by atoms with Crippen LogP contribution in [0.5, 0.6) is 0 Å². The number of benzene rings is 8. The molecule has 0 saturated carbocycles. The molecule has 8 aromatic carbocycles. The quantitative estimate of drug-likeness (QED) is 0.135. The lowest BCUT2D eigenvalue weighted by molar-refractivity contribution is 0.622. The summed E-state index contributed by atoms with van der Waals surface area (Å²) in [7, 11) is 0. The van der Waals surface area contributed by atoms with Gasteiger partial charge in [0.25, 0.3) is 0 Å². The first-order chi connectivity index (χ1) is 26.8. The van der Waals surface area contributed by atoms with E-state index in [1.807, 2.05) is 6.20 Å². The topological polar surface area (TPSA) is 25.8 Å². The molecular formula is C52H39BN2. The fourth-order valence-corrected chi connectivity index (χ4v) is 10.1. The average Bonchev–Trinajstić information content (AvgIpc) is 3.23. The van der Waals surface area contributed by atoms with Gasteiger partial charge in [-0.1, -0.05) is 190 Å². The van der Waals surface area contributed by atoms with Crippen molar-refractivity contribution in [3.8, 4) is 33.6 Å². The van der Waals surface area contributed by atoms with Crippen molar-refractivity contribution in [2.75, 3.05) is 0 Å². The van der Waals surface area contributed by atoms with Crippen molar-refractivity contribution in [2.24, 2.45) is 0 Å². The van der Waals surface area contributed by atoms with Crippen LogP contribution < -0.4 is 16.4 Å². The summed E-state index contributed by atoms with van der Waals surface area (Å²) in [6.07, 6.45) is 2.01. The predicted octanol–water partition coefficient (Wildman–Crippen LogP) is 10.7. The molecule has 1 aromatic heterocycles. The second-order valence-electron chi connectivity index (χ2n) is 16.6. The first kappa shape index (κ1) is 32.1. The van der Waals surface area contributed by atoms with E-state index in [0.29, 0.717) is 0 Å². The molecule has 260 valence electrons. The number of hydrogen-bond donors (Lipinski definition) is 0. The van der Waals surface area contributed by atoms with E-state index in [0.717, 1.165) is 33.2 Å². The SMILES string of the molecule is CC1(C)c2ccccc2B2c3ccccc3C(C)(C)c3cc(-c4cccc(-c5cccc(-c6ncc7c8ccccc8c8ccccc8c7n6)c5)c4)cc1c32. The van der Waals surface area contributed by atoms with Gasteiger partial charge in [-0.3, -0.25) is 0 Å². The van der Waals surface area contributed by atoms with E-state index < -0.39 is 0 Å². The van der Waals surface area contributed by atoms with Gasteiger partial charge in [0.15, 0.2) is 5.82 Å². The first-order valence-electron chi connectivity index (χ1n) is 19.4. The van der Waals surface area contributed by atoms with E-state index in [1.165, 1.54) is 71.5 Å². The van der Waals surface area contributed by atoms with Crippen molar-refractivity contribution in [1.29, 1.82) is 0 Å². The fourth-order valence-electron chi connectivity index (χ4n) is 10.1. The van der Waals surface area contributed by atoms with Crippen LogP contribution in [0.25, 0.3) is 66.1 Å². The Bertz CT molecular complexity index is 2950. The van der Waals surface area contributed by atoms with Crippen LogP contribution in [0.4, 0.5) is 0 Å². The highest BCUT2D eigenvalue weighted by molar-refractivity contribution is 6.97. The highest BCUT2D eigenvalue weighted by Crippen LogP contribution is 2.43. The minimum atomic E-state index is -0.140. The molecule has 9 aromatic rings. The number of hydrogen-bond acceptors (Lipinski definition) is 2. The fraction of sp³-hybridized carbons (Fsp3) is 0.115. The van der Waals surface area contributed by atoms with Crippen LogP contribution in [-0.4, -0.2) is 16.7 Å². The van der Waals surface area contributed by atoms with Gasteiger partial charge in [-0.15, -0.1) is 0 Å². The summed E-state index contributed by atoms with van der Waals surface area (Å²) >= 11 is 0. The Labute approximate surface area is 322 Å². The van der Waals surface area contributed by atoms with Gasteiger partial charge in [-0.25, -0.2) is 9.97 Å². The molecular weight excluding hydrogens is 663 g/mol. The maximum absolute atomic E-state index is 5.24. The van der Waals surface area contributed by atoms with Gasteiger partial charge in [0.1, 0.15) is 0 Å². The van der Waals surface area contributed by atoms with Crippen molar-refractivity contribution >= 4 is 55.5 Å². The molecule has 55 heavy (non-hydrogen) atoms. The van der Waals surface area contributed by atoms with E-state index in [4.69, 9.17) is 9.97 Å². The third-order valence-corrected chi connectivity index (χ3v) is 12.8. The maximum Gasteiger partial charge on any atom is 0.242 e. The Morgan fingerprint density at radius 1 is 0.400 bits per heavy atom. The third-order valence-electron chi connectivity index (χ3n) is 12.8. The summed E-state index contributed by atoms with van der Waals surface area (Å²) in [5.74, 6) is 0.735. The van der Waals surface area contributed by atoms with E-state index in [9.17, 15) is 0 Å². The molecule has 11 rings (SSSR count). The Kier molecular flexibility index (Phi) is 6.78. The molecule has 2 nitrogen and oxygen atoms in total. The van der Waals surface area contributed by atoms with Crippen LogP contribution in [0.1, 0.15) is 49.9 Å². The van der Waals surface area contributed by atoms with Crippen LogP contribution in [0, 0.1) is 0 Å². The number of fused-ring (bicyclic) bond motifs is 10. The van der Waals surface area contributed by atoms with Crippen molar-refractivity contribution < 1.29 is 0 Å². The Hall–Kier alpha value is -6.32. The molecule has 0 N–H and O–H groups in total. The van der Waals surface area contributed by atoms with Gasteiger partial charge >= 0.3 is 0 Å². The summed E-state index contributed by atoms with van der Waals surface area (Å²) in [5.41, 5.74) is 16.6. The van der Waals surface area contributed by atoms with Gasteiger partial charge < -0.3 is 0 Å².